The quantitative estimate of drug-likeness (QED) is 0.786. The van der Waals surface area contributed by atoms with E-state index in [0.717, 1.165) is 19.4 Å². The predicted molar refractivity (Wildman–Crippen MR) is 78.8 cm³/mol. The van der Waals surface area contributed by atoms with Gasteiger partial charge in [-0.3, -0.25) is 4.79 Å². The molecule has 1 aromatic rings. The molecular formula is C15H20N2O4. The molecular weight excluding hydrogens is 272 g/mol. The molecule has 6 nitrogen and oxygen atoms in total. The molecule has 1 aliphatic rings. The molecule has 114 valence electrons. The highest BCUT2D eigenvalue weighted by atomic mass is 16.5. The van der Waals surface area contributed by atoms with Crippen molar-refractivity contribution >= 4 is 17.6 Å². The molecule has 0 radical (unpaired) electrons. The largest absolute Gasteiger partial charge is 0.497 e. The summed E-state index contributed by atoms with van der Waals surface area (Å²) in [6.07, 6.45) is 1.71. The van der Waals surface area contributed by atoms with Crippen LogP contribution in [0.2, 0.25) is 0 Å². The van der Waals surface area contributed by atoms with Gasteiger partial charge < -0.3 is 20.5 Å². The average molecular weight is 292 g/mol. The minimum absolute atomic E-state index is 0.0232. The SMILES string of the molecule is COc1ccc(NC(=O)C2(C)CCCNC2)c(C(=O)O)c1. The first-order valence-electron chi connectivity index (χ1n) is 6.90. The molecule has 1 fully saturated rings. The average Bonchev–Trinajstić information content (AvgIpc) is 2.48. The van der Waals surface area contributed by atoms with E-state index >= 15 is 0 Å². The van der Waals surface area contributed by atoms with E-state index in [-0.39, 0.29) is 11.5 Å². The van der Waals surface area contributed by atoms with Gasteiger partial charge in [-0.25, -0.2) is 4.79 Å². The number of amides is 1. The molecule has 21 heavy (non-hydrogen) atoms. The van der Waals surface area contributed by atoms with Crippen LogP contribution < -0.4 is 15.4 Å². The highest BCUT2D eigenvalue weighted by Gasteiger charge is 2.35. The molecule has 0 spiro atoms. The molecule has 2 rings (SSSR count). The number of ether oxygens (including phenoxy) is 1. The second kappa shape index (κ2) is 6.13. The minimum atomic E-state index is -1.10. The number of piperidine rings is 1. The van der Waals surface area contributed by atoms with Gasteiger partial charge in [-0.15, -0.1) is 0 Å². The van der Waals surface area contributed by atoms with Crippen molar-refractivity contribution in [2.45, 2.75) is 19.8 Å². The highest BCUT2D eigenvalue weighted by molar-refractivity contribution is 6.02. The lowest BCUT2D eigenvalue weighted by atomic mass is 9.82. The third-order valence-electron chi connectivity index (χ3n) is 3.85. The molecule has 1 heterocycles. The first kappa shape index (κ1) is 15.3. The van der Waals surface area contributed by atoms with Gasteiger partial charge in [0.1, 0.15) is 5.75 Å². The number of nitrogens with one attached hydrogen (secondary N) is 2. The van der Waals surface area contributed by atoms with E-state index in [1.807, 2.05) is 6.92 Å². The van der Waals surface area contributed by atoms with Crippen LogP contribution in [0.15, 0.2) is 18.2 Å². The number of carbonyl (C=O) groups excluding carboxylic acids is 1. The first-order chi connectivity index (χ1) is 9.96. The molecule has 6 heteroatoms. The Morgan fingerprint density at radius 3 is 2.76 bits per heavy atom. The summed E-state index contributed by atoms with van der Waals surface area (Å²) in [6, 6.07) is 4.59. The van der Waals surface area contributed by atoms with Gasteiger partial charge in [-0.1, -0.05) is 0 Å². The molecule has 1 unspecified atom stereocenters. The molecule has 3 N–H and O–H groups in total. The van der Waals surface area contributed by atoms with Crippen LogP contribution in [0.4, 0.5) is 5.69 Å². The molecule has 0 aliphatic carbocycles. The lowest BCUT2D eigenvalue weighted by Crippen LogP contribution is -2.46. The summed E-state index contributed by atoms with van der Waals surface area (Å²) in [5, 5.41) is 15.2. The lowest BCUT2D eigenvalue weighted by molar-refractivity contribution is -0.125. The molecule has 0 bridgehead atoms. The zero-order valence-corrected chi connectivity index (χ0v) is 12.2. The molecule has 1 aromatic carbocycles. The van der Waals surface area contributed by atoms with Crippen LogP contribution in [0.5, 0.6) is 5.75 Å². The predicted octanol–water partition coefficient (Wildman–Crippen LogP) is 1.72. The Kier molecular flexibility index (Phi) is 4.47. The second-order valence-electron chi connectivity index (χ2n) is 5.51. The maximum absolute atomic E-state index is 12.4. The van der Waals surface area contributed by atoms with Gasteiger partial charge in [0.05, 0.1) is 23.8 Å². The van der Waals surface area contributed by atoms with Crippen molar-refractivity contribution < 1.29 is 19.4 Å². The molecule has 1 aliphatic heterocycles. The summed E-state index contributed by atoms with van der Waals surface area (Å²) < 4.78 is 5.02. The minimum Gasteiger partial charge on any atom is -0.497 e. The number of rotatable bonds is 4. The van der Waals surface area contributed by atoms with Crippen molar-refractivity contribution in [3.05, 3.63) is 23.8 Å². The van der Waals surface area contributed by atoms with Crippen molar-refractivity contribution in [1.29, 1.82) is 0 Å². The normalized spacial score (nSPS) is 21.6. The fraction of sp³-hybridized carbons (Fsp3) is 0.467. The Labute approximate surface area is 123 Å². The monoisotopic (exact) mass is 292 g/mol. The molecule has 1 amide bonds. The Hall–Kier alpha value is -2.08. The standard InChI is InChI=1S/C15H20N2O4/c1-15(6-3-7-16-9-15)14(20)17-12-5-4-10(21-2)8-11(12)13(18)19/h4-5,8,16H,3,6-7,9H2,1-2H3,(H,17,20)(H,18,19). The van der Waals surface area contributed by atoms with Gasteiger partial charge >= 0.3 is 5.97 Å². The van der Waals surface area contributed by atoms with Gasteiger partial charge in [0.15, 0.2) is 0 Å². The maximum Gasteiger partial charge on any atom is 0.337 e. The number of anilines is 1. The second-order valence-corrected chi connectivity index (χ2v) is 5.51. The molecule has 0 aromatic heterocycles. The van der Waals surface area contributed by atoms with Gasteiger partial charge in [0.25, 0.3) is 0 Å². The van der Waals surface area contributed by atoms with E-state index < -0.39 is 11.4 Å². The van der Waals surface area contributed by atoms with E-state index in [9.17, 15) is 14.7 Å². The van der Waals surface area contributed by atoms with E-state index in [4.69, 9.17) is 4.74 Å². The van der Waals surface area contributed by atoms with Crippen molar-refractivity contribution in [2.24, 2.45) is 5.41 Å². The summed E-state index contributed by atoms with van der Waals surface area (Å²) in [4.78, 5) is 23.8. The third kappa shape index (κ3) is 3.33. The van der Waals surface area contributed by atoms with Gasteiger partial charge in [-0.2, -0.15) is 0 Å². The van der Waals surface area contributed by atoms with Crippen LogP contribution in [0.3, 0.4) is 0 Å². The molecule has 1 saturated heterocycles. The summed E-state index contributed by atoms with van der Waals surface area (Å²) >= 11 is 0. The van der Waals surface area contributed by atoms with Crippen LogP contribution in [0.1, 0.15) is 30.1 Å². The summed E-state index contributed by atoms with van der Waals surface area (Å²) in [5.74, 6) is -0.825. The Bertz CT molecular complexity index is 551. The van der Waals surface area contributed by atoms with E-state index in [1.54, 1.807) is 12.1 Å². The third-order valence-corrected chi connectivity index (χ3v) is 3.85. The van der Waals surface area contributed by atoms with E-state index in [2.05, 4.69) is 10.6 Å². The number of hydrogen-bond acceptors (Lipinski definition) is 4. The number of aromatic carboxylic acids is 1. The van der Waals surface area contributed by atoms with Gasteiger partial charge in [-0.05, 0) is 44.5 Å². The smallest absolute Gasteiger partial charge is 0.337 e. The van der Waals surface area contributed by atoms with Crippen LogP contribution in [0.25, 0.3) is 0 Å². The number of carboxylic acids is 1. The van der Waals surface area contributed by atoms with Gasteiger partial charge in [0.2, 0.25) is 5.91 Å². The van der Waals surface area contributed by atoms with Crippen LogP contribution in [-0.4, -0.2) is 37.2 Å². The zero-order valence-electron chi connectivity index (χ0n) is 12.2. The number of carbonyl (C=O) groups is 2. The Morgan fingerprint density at radius 1 is 1.43 bits per heavy atom. The lowest BCUT2D eigenvalue weighted by Gasteiger charge is -2.32. The van der Waals surface area contributed by atoms with E-state index in [1.165, 1.54) is 13.2 Å². The fourth-order valence-electron chi connectivity index (χ4n) is 2.46. The van der Waals surface area contributed by atoms with Crippen molar-refractivity contribution in [3.63, 3.8) is 0 Å². The Balaban J connectivity index is 2.22. The Morgan fingerprint density at radius 2 is 2.19 bits per heavy atom. The number of hydrogen-bond donors (Lipinski definition) is 3. The number of carboxylic acid groups (broad SMARTS) is 1. The van der Waals surface area contributed by atoms with Crippen molar-refractivity contribution in [1.82, 2.24) is 5.32 Å². The summed E-state index contributed by atoms with van der Waals surface area (Å²) in [7, 11) is 1.47. The maximum atomic E-state index is 12.4. The van der Waals surface area contributed by atoms with E-state index in [0.29, 0.717) is 18.0 Å². The van der Waals surface area contributed by atoms with Crippen molar-refractivity contribution in [2.75, 3.05) is 25.5 Å². The zero-order chi connectivity index (χ0) is 15.5. The highest BCUT2D eigenvalue weighted by Crippen LogP contribution is 2.29. The van der Waals surface area contributed by atoms with Gasteiger partial charge in [0, 0.05) is 6.54 Å². The number of methoxy groups -OCH3 is 1. The molecule has 0 saturated carbocycles. The topological polar surface area (TPSA) is 87.7 Å². The van der Waals surface area contributed by atoms with Crippen LogP contribution in [-0.2, 0) is 4.79 Å². The first-order valence-corrected chi connectivity index (χ1v) is 6.90. The van der Waals surface area contributed by atoms with Crippen LogP contribution in [0, 0.1) is 5.41 Å². The number of benzene rings is 1. The van der Waals surface area contributed by atoms with Crippen LogP contribution >= 0.6 is 0 Å². The van der Waals surface area contributed by atoms with Crippen molar-refractivity contribution in [3.8, 4) is 5.75 Å². The summed E-state index contributed by atoms with van der Waals surface area (Å²) in [5.41, 5.74) is -0.205. The fourth-order valence-corrected chi connectivity index (χ4v) is 2.46. The summed E-state index contributed by atoms with van der Waals surface area (Å²) in [6.45, 7) is 3.39. The molecule has 1 atom stereocenters.